The average molecular weight is 408 g/mol. The van der Waals surface area contributed by atoms with Gasteiger partial charge in [-0.15, -0.1) is 0 Å². The van der Waals surface area contributed by atoms with Gasteiger partial charge in [0.1, 0.15) is 5.82 Å². The molecule has 0 aliphatic carbocycles. The van der Waals surface area contributed by atoms with Crippen molar-refractivity contribution >= 4 is 27.6 Å². The van der Waals surface area contributed by atoms with E-state index in [1.54, 1.807) is 6.07 Å². The Morgan fingerprint density at radius 1 is 1.14 bits per heavy atom. The summed E-state index contributed by atoms with van der Waals surface area (Å²) in [6.07, 6.45) is 0.743. The lowest BCUT2D eigenvalue weighted by molar-refractivity contribution is -0.124. The topological polar surface area (TPSA) is 102 Å². The number of rotatable bonds is 8. The molecule has 9 heteroatoms. The third-order valence-electron chi connectivity index (χ3n) is 3.72. The van der Waals surface area contributed by atoms with Crippen molar-refractivity contribution in [3.05, 3.63) is 59.4 Å². The van der Waals surface area contributed by atoms with Gasteiger partial charge < -0.3 is 10.1 Å². The summed E-state index contributed by atoms with van der Waals surface area (Å²) < 4.78 is 45.8. The zero-order valence-electron chi connectivity index (χ0n) is 15.5. The highest BCUT2D eigenvalue weighted by Crippen LogP contribution is 2.23. The van der Waals surface area contributed by atoms with E-state index in [9.17, 15) is 22.4 Å². The minimum atomic E-state index is -4.06. The number of carbonyl (C=O) groups is 2. The Balaban J connectivity index is 2.19. The number of halogens is 1. The van der Waals surface area contributed by atoms with Gasteiger partial charge in [-0.05, 0) is 49.2 Å². The molecule has 0 bridgehead atoms. The Labute approximate surface area is 163 Å². The molecule has 0 radical (unpaired) electrons. The summed E-state index contributed by atoms with van der Waals surface area (Å²) in [5.41, 5.74) is 0.166. The van der Waals surface area contributed by atoms with Crippen LogP contribution in [0.5, 0.6) is 0 Å². The molecule has 0 saturated heterocycles. The molecule has 2 aromatic carbocycles. The van der Waals surface area contributed by atoms with Gasteiger partial charge in [0.15, 0.2) is 6.61 Å². The second-order valence-electron chi connectivity index (χ2n) is 5.99. The summed E-state index contributed by atoms with van der Waals surface area (Å²) >= 11 is 0. The van der Waals surface area contributed by atoms with Crippen LogP contribution in [0.15, 0.2) is 47.4 Å². The van der Waals surface area contributed by atoms with Crippen LogP contribution in [-0.2, 0) is 19.6 Å². The van der Waals surface area contributed by atoms with Crippen LogP contribution in [-0.4, -0.2) is 33.4 Å². The second kappa shape index (κ2) is 9.32. The summed E-state index contributed by atoms with van der Waals surface area (Å²) in [4.78, 5) is 23.7. The first-order valence-electron chi connectivity index (χ1n) is 8.56. The number of aryl methyl sites for hydroxylation is 1. The lowest BCUT2D eigenvalue weighted by Gasteiger charge is -2.13. The van der Waals surface area contributed by atoms with E-state index in [4.69, 9.17) is 4.74 Å². The first kappa shape index (κ1) is 21.4. The zero-order chi connectivity index (χ0) is 20.7. The van der Waals surface area contributed by atoms with Crippen molar-refractivity contribution in [2.45, 2.75) is 25.2 Å². The molecule has 7 nitrogen and oxygen atoms in total. The van der Waals surface area contributed by atoms with Gasteiger partial charge >= 0.3 is 5.97 Å². The van der Waals surface area contributed by atoms with Gasteiger partial charge in [-0.3, -0.25) is 9.52 Å². The van der Waals surface area contributed by atoms with Crippen molar-refractivity contribution in [1.82, 2.24) is 5.32 Å². The van der Waals surface area contributed by atoms with E-state index in [-0.39, 0.29) is 21.7 Å². The molecule has 0 spiro atoms. The Bertz CT molecular complexity index is 976. The number of nitrogens with one attached hydrogen (secondary N) is 2. The van der Waals surface area contributed by atoms with E-state index >= 15 is 0 Å². The standard InChI is InChI=1S/C19H21FN2O5S/c1-3-10-21-18(23)12-27-19(24)15-6-4-5-7-16(15)22-28(25,26)17-9-8-14(20)11-13(17)2/h4-9,11,22H,3,10,12H2,1-2H3,(H,21,23). The minimum Gasteiger partial charge on any atom is -0.452 e. The summed E-state index contributed by atoms with van der Waals surface area (Å²) in [7, 11) is -4.06. The quantitative estimate of drug-likeness (QED) is 0.654. The van der Waals surface area contributed by atoms with Crippen molar-refractivity contribution in [1.29, 1.82) is 0 Å². The first-order chi connectivity index (χ1) is 13.2. The summed E-state index contributed by atoms with van der Waals surface area (Å²) in [6.45, 7) is 3.34. The second-order valence-corrected chi connectivity index (χ2v) is 7.64. The van der Waals surface area contributed by atoms with Gasteiger partial charge in [-0.25, -0.2) is 17.6 Å². The van der Waals surface area contributed by atoms with Gasteiger partial charge in [0.2, 0.25) is 0 Å². The number of amides is 1. The van der Waals surface area contributed by atoms with E-state index in [1.807, 2.05) is 6.92 Å². The monoisotopic (exact) mass is 408 g/mol. The number of para-hydroxylation sites is 1. The fourth-order valence-corrected chi connectivity index (χ4v) is 3.70. The Morgan fingerprint density at radius 2 is 1.86 bits per heavy atom. The minimum absolute atomic E-state index is 0.00908. The van der Waals surface area contributed by atoms with Crippen molar-refractivity contribution in [2.75, 3.05) is 17.9 Å². The fraction of sp³-hybridized carbons (Fsp3) is 0.263. The van der Waals surface area contributed by atoms with E-state index < -0.39 is 34.3 Å². The van der Waals surface area contributed by atoms with Crippen molar-refractivity contribution in [3.63, 3.8) is 0 Å². The lowest BCUT2D eigenvalue weighted by atomic mass is 10.2. The summed E-state index contributed by atoms with van der Waals surface area (Å²) in [5, 5.41) is 2.57. The maximum Gasteiger partial charge on any atom is 0.340 e. The number of hydrogen-bond donors (Lipinski definition) is 2. The van der Waals surface area contributed by atoms with E-state index in [0.717, 1.165) is 24.6 Å². The van der Waals surface area contributed by atoms with Crippen LogP contribution in [0, 0.1) is 12.7 Å². The maximum atomic E-state index is 13.3. The predicted octanol–water partition coefficient (Wildman–Crippen LogP) is 2.62. The molecule has 0 fully saturated rings. The largest absolute Gasteiger partial charge is 0.452 e. The summed E-state index contributed by atoms with van der Waals surface area (Å²) in [5.74, 6) is -1.85. The Kier molecular flexibility index (Phi) is 7.11. The molecule has 0 atom stereocenters. The molecule has 2 aromatic rings. The van der Waals surface area contributed by atoms with Crippen molar-refractivity contribution in [3.8, 4) is 0 Å². The first-order valence-corrected chi connectivity index (χ1v) is 10.0. The Hall–Kier alpha value is -2.94. The molecule has 0 aromatic heterocycles. The highest BCUT2D eigenvalue weighted by Gasteiger charge is 2.21. The molecular weight excluding hydrogens is 387 g/mol. The molecule has 2 N–H and O–H groups in total. The van der Waals surface area contributed by atoms with Crippen LogP contribution < -0.4 is 10.0 Å². The van der Waals surface area contributed by atoms with Gasteiger partial charge in [-0.1, -0.05) is 19.1 Å². The third-order valence-corrected chi connectivity index (χ3v) is 5.25. The lowest BCUT2D eigenvalue weighted by Crippen LogP contribution is -2.29. The highest BCUT2D eigenvalue weighted by atomic mass is 32.2. The number of benzene rings is 2. The van der Waals surface area contributed by atoms with Gasteiger partial charge in [0.05, 0.1) is 16.1 Å². The van der Waals surface area contributed by atoms with Crippen LogP contribution >= 0.6 is 0 Å². The van der Waals surface area contributed by atoms with Crippen LogP contribution in [0.3, 0.4) is 0 Å². The maximum absolute atomic E-state index is 13.3. The SMILES string of the molecule is CCCNC(=O)COC(=O)c1ccccc1NS(=O)(=O)c1ccc(F)cc1C. The molecule has 0 heterocycles. The molecule has 0 aliphatic rings. The number of esters is 1. The van der Waals surface area contributed by atoms with Crippen molar-refractivity contribution < 1.29 is 27.1 Å². The number of sulfonamides is 1. The number of hydrogen-bond acceptors (Lipinski definition) is 5. The number of anilines is 1. The normalized spacial score (nSPS) is 11.0. The van der Waals surface area contributed by atoms with Crippen LogP contribution in [0.2, 0.25) is 0 Å². The van der Waals surface area contributed by atoms with E-state index in [1.165, 1.54) is 25.1 Å². The van der Waals surface area contributed by atoms with Crippen LogP contribution in [0.25, 0.3) is 0 Å². The molecule has 2 rings (SSSR count). The molecular formula is C19H21FN2O5S. The molecule has 0 unspecified atom stereocenters. The fourth-order valence-electron chi connectivity index (χ4n) is 2.39. The van der Waals surface area contributed by atoms with Crippen LogP contribution in [0.4, 0.5) is 10.1 Å². The third kappa shape index (κ3) is 5.53. The van der Waals surface area contributed by atoms with Gasteiger partial charge in [0, 0.05) is 6.54 Å². The molecule has 0 saturated carbocycles. The Morgan fingerprint density at radius 3 is 2.54 bits per heavy atom. The van der Waals surface area contributed by atoms with Crippen LogP contribution in [0.1, 0.15) is 29.3 Å². The molecule has 0 aliphatic heterocycles. The zero-order valence-corrected chi connectivity index (χ0v) is 16.3. The predicted molar refractivity (Wildman–Crippen MR) is 102 cm³/mol. The molecule has 28 heavy (non-hydrogen) atoms. The summed E-state index contributed by atoms with van der Waals surface area (Å²) in [6, 6.07) is 9.13. The molecule has 1 amide bonds. The van der Waals surface area contributed by atoms with Gasteiger partial charge in [0.25, 0.3) is 15.9 Å². The van der Waals surface area contributed by atoms with Gasteiger partial charge in [-0.2, -0.15) is 0 Å². The number of carbonyl (C=O) groups excluding carboxylic acids is 2. The van der Waals surface area contributed by atoms with Crippen molar-refractivity contribution in [2.24, 2.45) is 0 Å². The van der Waals surface area contributed by atoms with E-state index in [0.29, 0.717) is 6.54 Å². The highest BCUT2D eigenvalue weighted by molar-refractivity contribution is 7.92. The average Bonchev–Trinajstić information content (AvgIpc) is 2.64. The van der Waals surface area contributed by atoms with E-state index in [2.05, 4.69) is 10.0 Å². The smallest absolute Gasteiger partial charge is 0.340 e. The molecule has 150 valence electrons. The number of ether oxygens (including phenoxy) is 1.